The first-order valence-electron chi connectivity index (χ1n) is 13.2. The Labute approximate surface area is 186 Å². The predicted octanol–water partition coefficient (Wildman–Crippen LogP) is 7.94. The molecule has 3 saturated carbocycles. The minimum absolute atomic E-state index is 0.0856. The average Bonchev–Trinajstić information content (AvgIpc) is 3.06. The molecular formula is C29H48O. The topological polar surface area (TPSA) is 20.2 Å². The van der Waals surface area contributed by atoms with Crippen molar-refractivity contribution in [3.8, 4) is 0 Å². The molecule has 0 heterocycles. The second-order valence-corrected chi connectivity index (χ2v) is 12.4. The summed E-state index contributed by atoms with van der Waals surface area (Å²) in [4.78, 5) is 0. The van der Waals surface area contributed by atoms with Crippen LogP contribution in [0.25, 0.3) is 0 Å². The second-order valence-electron chi connectivity index (χ2n) is 12.4. The molecule has 1 nitrogen and oxygen atoms in total. The average molecular weight is 413 g/mol. The molecule has 0 aliphatic heterocycles. The molecule has 0 spiro atoms. The first-order valence-corrected chi connectivity index (χ1v) is 13.2. The van der Waals surface area contributed by atoms with Gasteiger partial charge in [-0.05, 0) is 124 Å². The minimum Gasteiger partial charge on any atom is -0.393 e. The fraction of sp³-hybridized carbons (Fsp3) is 0.862. The van der Waals surface area contributed by atoms with Crippen LogP contribution in [0, 0.1) is 46.3 Å². The summed E-state index contributed by atoms with van der Waals surface area (Å²) in [5.41, 5.74) is 3.93. The summed E-state index contributed by atoms with van der Waals surface area (Å²) in [6, 6.07) is 0. The molecule has 0 aromatic rings. The molecule has 4 unspecified atom stereocenters. The smallest absolute Gasteiger partial charge is 0.0577 e. The molecule has 170 valence electrons. The van der Waals surface area contributed by atoms with Crippen molar-refractivity contribution in [1.82, 2.24) is 0 Å². The van der Waals surface area contributed by atoms with Crippen LogP contribution in [-0.4, -0.2) is 11.2 Å². The van der Waals surface area contributed by atoms with E-state index in [1.165, 1.54) is 63.4 Å². The van der Waals surface area contributed by atoms with E-state index in [0.29, 0.717) is 10.8 Å². The molecule has 0 aromatic heterocycles. The molecule has 4 aliphatic carbocycles. The highest BCUT2D eigenvalue weighted by atomic mass is 16.3. The van der Waals surface area contributed by atoms with Gasteiger partial charge in [-0.25, -0.2) is 0 Å². The molecule has 1 heteroatoms. The maximum Gasteiger partial charge on any atom is 0.0577 e. The van der Waals surface area contributed by atoms with Crippen LogP contribution >= 0.6 is 0 Å². The largest absolute Gasteiger partial charge is 0.393 e. The summed E-state index contributed by atoms with van der Waals surface area (Å²) < 4.78 is 0. The molecule has 9 atom stereocenters. The third-order valence-electron chi connectivity index (χ3n) is 11.0. The number of hydrogen-bond acceptors (Lipinski definition) is 1. The monoisotopic (exact) mass is 412 g/mol. The Balaban J connectivity index is 1.48. The van der Waals surface area contributed by atoms with Crippen LogP contribution in [-0.2, 0) is 0 Å². The van der Waals surface area contributed by atoms with E-state index in [4.69, 9.17) is 0 Å². The van der Waals surface area contributed by atoms with Gasteiger partial charge in [-0.2, -0.15) is 0 Å². The van der Waals surface area contributed by atoms with Crippen molar-refractivity contribution in [2.75, 3.05) is 0 Å². The van der Waals surface area contributed by atoms with E-state index in [1.807, 2.05) is 0 Å². The second kappa shape index (κ2) is 8.42. The van der Waals surface area contributed by atoms with Crippen molar-refractivity contribution in [3.05, 3.63) is 23.8 Å². The molecule has 4 aliphatic rings. The van der Waals surface area contributed by atoms with Gasteiger partial charge in [0, 0.05) is 0 Å². The Hall–Kier alpha value is -0.560. The van der Waals surface area contributed by atoms with Crippen LogP contribution in [0.5, 0.6) is 0 Å². The summed E-state index contributed by atoms with van der Waals surface area (Å²) in [6.07, 6.45) is 16.7. The van der Waals surface area contributed by atoms with E-state index in [0.717, 1.165) is 48.3 Å². The van der Waals surface area contributed by atoms with Crippen molar-refractivity contribution >= 4 is 0 Å². The summed E-state index contributed by atoms with van der Waals surface area (Å²) in [5.74, 6) is 5.16. The van der Waals surface area contributed by atoms with Gasteiger partial charge < -0.3 is 5.11 Å². The van der Waals surface area contributed by atoms with Gasteiger partial charge in [0.25, 0.3) is 0 Å². The Morgan fingerprint density at radius 1 is 1.13 bits per heavy atom. The van der Waals surface area contributed by atoms with Crippen LogP contribution in [0.1, 0.15) is 105 Å². The number of rotatable bonds is 6. The number of allylic oxidation sites excluding steroid dienone is 2. The first kappa shape index (κ1) is 22.6. The number of aliphatic hydroxyl groups is 1. The molecular weight excluding hydrogens is 364 g/mol. The third kappa shape index (κ3) is 3.66. The lowest BCUT2D eigenvalue weighted by Gasteiger charge is -2.58. The van der Waals surface area contributed by atoms with Crippen molar-refractivity contribution in [3.63, 3.8) is 0 Å². The van der Waals surface area contributed by atoms with Crippen LogP contribution in [0.4, 0.5) is 0 Å². The minimum atomic E-state index is -0.0856. The lowest BCUT2D eigenvalue weighted by molar-refractivity contribution is -0.0574. The first-order chi connectivity index (χ1) is 14.2. The quantitative estimate of drug-likeness (QED) is 0.439. The molecule has 4 rings (SSSR count). The predicted molar refractivity (Wildman–Crippen MR) is 128 cm³/mol. The van der Waals surface area contributed by atoms with Gasteiger partial charge in [0.2, 0.25) is 0 Å². The Morgan fingerprint density at radius 3 is 2.60 bits per heavy atom. The lowest BCUT2D eigenvalue weighted by Crippen LogP contribution is -2.50. The van der Waals surface area contributed by atoms with E-state index in [9.17, 15) is 5.11 Å². The Morgan fingerprint density at radius 2 is 1.90 bits per heavy atom. The van der Waals surface area contributed by atoms with Crippen LogP contribution in [0.2, 0.25) is 0 Å². The fourth-order valence-electron chi connectivity index (χ4n) is 9.08. The maximum atomic E-state index is 10.2. The molecule has 0 aromatic carbocycles. The molecule has 0 bridgehead atoms. The Kier molecular flexibility index (Phi) is 6.35. The van der Waals surface area contributed by atoms with Crippen molar-refractivity contribution in [1.29, 1.82) is 0 Å². The number of hydrogen-bond donors (Lipinski definition) is 1. The van der Waals surface area contributed by atoms with E-state index in [-0.39, 0.29) is 6.10 Å². The molecule has 3 fully saturated rings. The van der Waals surface area contributed by atoms with Gasteiger partial charge in [0.1, 0.15) is 0 Å². The summed E-state index contributed by atoms with van der Waals surface area (Å²) in [6.45, 7) is 16.6. The summed E-state index contributed by atoms with van der Waals surface area (Å²) >= 11 is 0. The van der Waals surface area contributed by atoms with Crippen molar-refractivity contribution in [2.45, 2.75) is 111 Å². The fourth-order valence-corrected chi connectivity index (χ4v) is 9.08. The van der Waals surface area contributed by atoms with Gasteiger partial charge in [-0.15, -0.1) is 0 Å². The van der Waals surface area contributed by atoms with Crippen LogP contribution in [0.3, 0.4) is 0 Å². The Bertz CT molecular complexity index is 676. The zero-order valence-corrected chi connectivity index (χ0v) is 20.6. The van der Waals surface area contributed by atoms with Crippen molar-refractivity contribution < 1.29 is 5.11 Å². The normalized spacial score (nSPS) is 45.0. The highest BCUT2D eigenvalue weighted by Gasteiger charge is 2.59. The summed E-state index contributed by atoms with van der Waals surface area (Å²) in [7, 11) is 0. The molecule has 0 saturated heterocycles. The third-order valence-corrected chi connectivity index (χ3v) is 11.0. The van der Waals surface area contributed by atoms with Gasteiger partial charge in [0.05, 0.1) is 6.10 Å². The van der Waals surface area contributed by atoms with Crippen LogP contribution < -0.4 is 0 Å². The molecule has 0 amide bonds. The SMILES string of the molecule is C=C(C)[C@H](CC)CCC(C)C1CCC2[C@@H]3CC=C4C[C@@H](O)CC[C@]4(C)C3CC[C@]12C. The van der Waals surface area contributed by atoms with Gasteiger partial charge >= 0.3 is 0 Å². The standard InChI is InChI=1S/C29H48O/c1-7-21(19(2)3)9-8-20(4)25-12-13-26-24-11-10-22-18-23(30)14-16-28(22,5)27(24)15-17-29(25,26)6/h10,20-21,23-27,30H,2,7-9,11-18H2,1,3-6H3/t20?,21-,23+,24+,25?,26?,27?,28+,29-/m1/s1. The van der Waals surface area contributed by atoms with Crippen LogP contribution in [0.15, 0.2) is 23.8 Å². The molecule has 30 heavy (non-hydrogen) atoms. The summed E-state index contributed by atoms with van der Waals surface area (Å²) in [5, 5.41) is 10.2. The lowest BCUT2D eigenvalue weighted by atomic mass is 9.47. The van der Waals surface area contributed by atoms with E-state index < -0.39 is 0 Å². The highest BCUT2D eigenvalue weighted by Crippen LogP contribution is 2.67. The number of aliphatic hydroxyl groups excluding tert-OH is 1. The van der Waals surface area contributed by atoms with E-state index >= 15 is 0 Å². The van der Waals surface area contributed by atoms with Gasteiger partial charge in [0.15, 0.2) is 0 Å². The van der Waals surface area contributed by atoms with E-state index in [2.05, 4.69) is 47.3 Å². The zero-order chi connectivity index (χ0) is 21.7. The number of fused-ring (bicyclic) bond motifs is 5. The molecule has 0 radical (unpaired) electrons. The van der Waals surface area contributed by atoms with Gasteiger partial charge in [-0.3, -0.25) is 0 Å². The highest BCUT2D eigenvalue weighted by molar-refractivity contribution is 5.25. The van der Waals surface area contributed by atoms with Gasteiger partial charge in [-0.1, -0.05) is 51.5 Å². The zero-order valence-electron chi connectivity index (χ0n) is 20.6. The van der Waals surface area contributed by atoms with Crippen molar-refractivity contribution in [2.24, 2.45) is 46.3 Å². The molecule has 1 N–H and O–H groups in total. The van der Waals surface area contributed by atoms with E-state index in [1.54, 1.807) is 5.57 Å². The maximum absolute atomic E-state index is 10.2.